The van der Waals surface area contributed by atoms with Gasteiger partial charge in [0.1, 0.15) is 0 Å². The molecule has 2 N–H and O–H groups in total. The summed E-state index contributed by atoms with van der Waals surface area (Å²) in [5.41, 5.74) is 3.07. The van der Waals surface area contributed by atoms with E-state index in [9.17, 15) is 4.79 Å². The Morgan fingerprint density at radius 1 is 1.20 bits per heavy atom. The number of benzene rings is 1. The highest BCUT2D eigenvalue weighted by atomic mass is 79.9. The van der Waals surface area contributed by atoms with Gasteiger partial charge in [-0.2, -0.15) is 5.10 Å². The first kappa shape index (κ1) is 18.0. The molecule has 1 aliphatic rings. The van der Waals surface area contributed by atoms with E-state index in [-0.39, 0.29) is 0 Å². The van der Waals surface area contributed by atoms with Crippen molar-refractivity contribution in [1.29, 1.82) is 0 Å². The van der Waals surface area contributed by atoms with Gasteiger partial charge in [0.25, 0.3) is 0 Å². The summed E-state index contributed by atoms with van der Waals surface area (Å²) >= 11 is 6.82. The van der Waals surface area contributed by atoms with Crippen LogP contribution in [-0.4, -0.2) is 38.5 Å². The van der Waals surface area contributed by atoms with Crippen LogP contribution in [0, 0.1) is 0 Å². The number of morpholine rings is 1. The standard InChI is InChI=1S/C16H16Br2N4O3/c17-11-1-3-12(4-2-11)20-16(23)21-19-10-13-9-14(18)15(25-13)22-5-7-24-8-6-22/h1-4,9-10H,5-8H2,(H2,20,21,23)/b19-10+. The molecule has 25 heavy (non-hydrogen) atoms. The fraction of sp³-hybridized carbons (Fsp3) is 0.250. The number of nitrogens with zero attached hydrogens (tertiary/aromatic N) is 2. The lowest BCUT2D eigenvalue weighted by Crippen LogP contribution is -2.36. The van der Waals surface area contributed by atoms with Crippen molar-refractivity contribution in [3.63, 3.8) is 0 Å². The second kappa shape index (κ2) is 8.50. The molecule has 0 saturated carbocycles. The van der Waals surface area contributed by atoms with Crippen LogP contribution in [0.2, 0.25) is 0 Å². The van der Waals surface area contributed by atoms with Crippen molar-refractivity contribution in [3.8, 4) is 0 Å². The van der Waals surface area contributed by atoms with E-state index in [4.69, 9.17) is 9.15 Å². The van der Waals surface area contributed by atoms with Gasteiger partial charge in [-0.1, -0.05) is 15.9 Å². The molecule has 7 nitrogen and oxygen atoms in total. The Balaban J connectivity index is 1.55. The molecule has 0 bridgehead atoms. The summed E-state index contributed by atoms with van der Waals surface area (Å²) in [7, 11) is 0. The average Bonchev–Trinajstić information content (AvgIpc) is 2.98. The topological polar surface area (TPSA) is 79.1 Å². The lowest BCUT2D eigenvalue weighted by atomic mass is 10.3. The fourth-order valence-corrected chi connectivity index (χ4v) is 3.09. The lowest BCUT2D eigenvalue weighted by molar-refractivity contribution is 0.120. The monoisotopic (exact) mass is 470 g/mol. The van der Waals surface area contributed by atoms with Gasteiger partial charge in [0.2, 0.25) is 5.88 Å². The van der Waals surface area contributed by atoms with Gasteiger partial charge in [-0.15, -0.1) is 0 Å². The number of anilines is 2. The summed E-state index contributed by atoms with van der Waals surface area (Å²) in [6, 6.07) is 8.62. The SMILES string of the molecule is O=C(N/N=C/c1cc(Br)c(N2CCOCC2)o1)Nc1ccc(Br)cc1. The summed E-state index contributed by atoms with van der Waals surface area (Å²) in [6.45, 7) is 2.90. The molecule has 1 aromatic heterocycles. The largest absolute Gasteiger partial charge is 0.438 e. The Labute approximate surface area is 161 Å². The number of ether oxygens (including phenoxy) is 1. The Morgan fingerprint density at radius 2 is 1.92 bits per heavy atom. The van der Waals surface area contributed by atoms with Crippen LogP contribution >= 0.6 is 31.9 Å². The molecule has 1 fully saturated rings. The molecule has 0 radical (unpaired) electrons. The Kier molecular flexibility index (Phi) is 6.11. The lowest BCUT2D eigenvalue weighted by Gasteiger charge is -2.26. The molecule has 2 heterocycles. The van der Waals surface area contributed by atoms with Crippen molar-refractivity contribution in [1.82, 2.24) is 5.43 Å². The van der Waals surface area contributed by atoms with E-state index in [2.05, 4.69) is 52.6 Å². The average molecular weight is 472 g/mol. The number of furan rings is 1. The number of rotatable bonds is 4. The van der Waals surface area contributed by atoms with E-state index in [1.807, 2.05) is 18.2 Å². The van der Waals surface area contributed by atoms with E-state index in [0.717, 1.165) is 27.9 Å². The molecule has 132 valence electrons. The van der Waals surface area contributed by atoms with Crippen LogP contribution in [0.15, 0.2) is 48.8 Å². The maximum atomic E-state index is 11.8. The number of nitrogens with one attached hydrogen (secondary N) is 2. The molecule has 0 spiro atoms. The molecule has 1 saturated heterocycles. The highest BCUT2D eigenvalue weighted by Crippen LogP contribution is 2.30. The van der Waals surface area contributed by atoms with Crippen LogP contribution in [0.4, 0.5) is 16.4 Å². The third-order valence-corrected chi connectivity index (χ3v) is 4.54. The van der Waals surface area contributed by atoms with Crippen LogP contribution in [0.3, 0.4) is 0 Å². The first-order chi connectivity index (χ1) is 12.1. The second-order valence-corrected chi connectivity index (χ2v) is 7.00. The molecule has 3 rings (SSSR count). The number of carbonyl (C=O) groups excluding carboxylic acids is 1. The van der Waals surface area contributed by atoms with Crippen LogP contribution in [0.5, 0.6) is 0 Å². The Bertz CT molecular complexity index is 755. The zero-order valence-corrected chi connectivity index (χ0v) is 16.3. The van der Waals surface area contributed by atoms with Gasteiger partial charge in [-0.25, -0.2) is 10.2 Å². The van der Waals surface area contributed by atoms with E-state index >= 15 is 0 Å². The Hall–Kier alpha value is -1.84. The molecule has 1 aliphatic heterocycles. The molecule has 0 atom stereocenters. The molecule has 1 aromatic carbocycles. The van der Waals surface area contributed by atoms with E-state index in [0.29, 0.717) is 24.7 Å². The van der Waals surface area contributed by atoms with Crippen LogP contribution in [0.25, 0.3) is 0 Å². The third-order valence-electron chi connectivity index (χ3n) is 3.45. The maximum Gasteiger partial charge on any atom is 0.339 e. The number of urea groups is 1. The van der Waals surface area contributed by atoms with Crippen molar-refractivity contribution in [2.45, 2.75) is 0 Å². The van der Waals surface area contributed by atoms with Crippen molar-refractivity contribution in [2.75, 3.05) is 36.5 Å². The third kappa shape index (κ3) is 5.07. The van der Waals surface area contributed by atoms with Gasteiger partial charge in [0.05, 0.1) is 23.9 Å². The summed E-state index contributed by atoms with van der Waals surface area (Å²) < 4.78 is 12.9. The van der Waals surface area contributed by atoms with Gasteiger partial charge >= 0.3 is 6.03 Å². The minimum Gasteiger partial charge on any atom is -0.438 e. The molecule has 2 aromatic rings. The van der Waals surface area contributed by atoms with E-state index in [1.54, 1.807) is 12.1 Å². The van der Waals surface area contributed by atoms with Crippen molar-refractivity contribution in [3.05, 3.63) is 45.0 Å². The smallest absolute Gasteiger partial charge is 0.339 e. The van der Waals surface area contributed by atoms with Gasteiger partial charge < -0.3 is 19.4 Å². The van der Waals surface area contributed by atoms with E-state index < -0.39 is 6.03 Å². The molecule has 2 amide bonds. The zero-order valence-electron chi connectivity index (χ0n) is 13.2. The summed E-state index contributed by atoms with van der Waals surface area (Å²) in [6.07, 6.45) is 1.45. The van der Waals surface area contributed by atoms with Gasteiger partial charge in [-0.05, 0) is 40.2 Å². The van der Waals surface area contributed by atoms with Gasteiger partial charge in [0.15, 0.2) is 5.76 Å². The number of amides is 2. The van der Waals surface area contributed by atoms with Gasteiger partial charge in [-0.3, -0.25) is 0 Å². The van der Waals surface area contributed by atoms with Crippen LogP contribution in [-0.2, 0) is 4.74 Å². The molecular formula is C16H16Br2N4O3. The summed E-state index contributed by atoms with van der Waals surface area (Å²) in [4.78, 5) is 13.9. The number of carbonyl (C=O) groups is 1. The van der Waals surface area contributed by atoms with Crippen LogP contribution < -0.4 is 15.6 Å². The minimum atomic E-state index is -0.433. The summed E-state index contributed by atoms with van der Waals surface area (Å²) in [5, 5.41) is 6.58. The number of hydrogen-bond acceptors (Lipinski definition) is 5. The first-order valence-electron chi connectivity index (χ1n) is 7.59. The molecular weight excluding hydrogens is 456 g/mol. The predicted octanol–water partition coefficient (Wildman–Crippen LogP) is 3.80. The van der Waals surface area contributed by atoms with Crippen LogP contribution in [0.1, 0.15) is 5.76 Å². The predicted molar refractivity (Wildman–Crippen MR) is 103 cm³/mol. The normalized spacial score (nSPS) is 14.7. The van der Waals surface area contributed by atoms with E-state index in [1.165, 1.54) is 6.21 Å². The second-order valence-electron chi connectivity index (χ2n) is 5.23. The molecule has 0 unspecified atom stereocenters. The number of halogens is 2. The molecule has 0 aliphatic carbocycles. The zero-order chi connectivity index (χ0) is 17.6. The first-order valence-corrected chi connectivity index (χ1v) is 9.18. The van der Waals surface area contributed by atoms with Crippen molar-refractivity contribution >= 4 is 55.7 Å². The molecule has 9 heteroatoms. The van der Waals surface area contributed by atoms with Gasteiger partial charge in [0, 0.05) is 29.3 Å². The highest BCUT2D eigenvalue weighted by Gasteiger charge is 2.18. The van der Waals surface area contributed by atoms with Crippen molar-refractivity contribution in [2.24, 2.45) is 5.10 Å². The highest BCUT2D eigenvalue weighted by molar-refractivity contribution is 9.10. The summed E-state index contributed by atoms with van der Waals surface area (Å²) in [5.74, 6) is 1.28. The van der Waals surface area contributed by atoms with Crippen molar-refractivity contribution < 1.29 is 13.9 Å². The Morgan fingerprint density at radius 3 is 2.64 bits per heavy atom. The quantitative estimate of drug-likeness (QED) is 0.525. The maximum absolute atomic E-state index is 11.8. The fourth-order valence-electron chi connectivity index (χ4n) is 2.27. The minimum absolute atomic E-state index is 0.433. The number of hydrazone groups is 1. The number of hydrogen-bond donors (Lipinski definition) is 2.